The van der Waals surface area contributed by atoms with Crippen molar-refractivity contribution in [2.24, 2.45) is 15.9 Å². The summed E-state index contributed by atoms with van der Waals surface area (Å²) in [6.07, 6.45) is 0. The number of benzene rings is 2. The minimum Gasteiger partial charge on any atom is -0.493 e. The van der Waals surface area contributed by atoms with E-state index in [2.05, 4.69) is 31.0 Å². The zero-order valence-corrected chi connectivity index (χ0v) is 18.4. The van der Waals surface area contributed by atoms with E-state index in [9.17, 15) is 13.2 Å². The Kier molecular flexibility index (Phi) is 7.53. The second kappa shape index (κ2) is 9.67. The molecule has 29 heavy (non-hydrogen) atoms. The Morgan fingerprint density at radius 2 is 1.86 bits per heavy atom. The van der Waals surface area contributed by atoms with Gasteiger partial charge in [0.25, 0.3) is 15.9 Å². The molecule has 154 valence electrons. The number of hydrogen-bond donors (Lipinski definition) is 4. The van der Waals surface area contributed by atoms with E-state index in [1.54, 1.807) is 18.2 Å². The van der Waals surface area contributed by atoms with Crippen LogP contribution in [0.25, 0.3) is 0 Å². The van der Waals surface area contributed by atoms with Gasteiger partial charge in [-0.1, -0.05) is 15.9 Å². The number of amides is 1. The summed E-state index contributed by atoms with van der Waals surface area (Å²) in [5, 5.41) is 5.37. The molecular weight excluding hydrogens is 482 g/mol. The van der Waals surface area contributed by atoms with Gasteiger partial charge in [-0.25, -0.2) is 0 Å². The number of nitrogens with one attached hydrogen (secondary N) is 2. The first-order chi connectivity index (χ1) is 13.6. The maximum atomic E-state index is 12.5. The lowest BCUT2D eigenvalue weighted by atomic mass is 10.2. The lowest BCUT2D eigenvalue weighted by Crippen LogP contribution is -2.34. The SMILES string of the molecule is CCOc1ccc(Br)cc1C(=O)NC(=S)Nc1ccc(S(=O)(=O)N=C(N)N)cc1. The summed E-state index contributed by atoms with van der Waals surface area (Å²) in [6.45, 7) is 2.21. The fraction of sp³-hybridized carbons (Fsp3) is 0.118. The molecule has 0 heterocycles. The standard InChI is InChI=1S/C17H18BrN5O4S2/c1-2-27-14-8-3-10(18)9-13(14)15(24)22-17(28)21-11-4-6-12(7-5-11)29(25,26)23-16(19)20/h3-9H,2H2,1H3,(H4,19,20,23)(H2,21,22,24,28). The third-order valence-electron chi connectivity index (χ3n) is 3.35. The van der Waals surface area contributed by atoms with Gasteiger partial charge in [0.15, 0.2) is 5.11 Å². The fourth-order valence-electron chi connectivity index (χ4n) is 2.20. The zero-order chi connectivity index (χ0) is 21.6. The molecular formula is C17H18BrN5O4S2. The fourth-order valence-corrected chi connectivity index (χ4v) is 3.63. The van der Waals surface area contributed by atoms with Gasteiger partial charge in [-0.05, 0) is 61.6 Å². The van der Waals surface area contributed by atoms with E-state index in [0.29, 0.717) is 28.1 Å². The van der Waals surface area contributed by atoms with Gasteiger partial charge >= 0.3 is 0 Å². The number of nitrogens with zero attached hydrogens (tertiary/aromatic N) is 1. The van der Waals surface area contributed by atoms with Crippen LogP contribution < -0.4 is 26.8 Å². The molecule has 0 spiro atoms. The maximum absolute atomic E-state index is 12.5. The Bertz CT molecular complexity index is 1050. The van der Waals surface area contributed by atoms with E-state index in [1.807, 2.05) is 6.92 Å². The van der Waals surface area contributed by atoms with Gasteiger partial charge in [0.1, 0.15) is 5.75 Å². The first-order valence-electron chi connectivity index (χ1n) is 8.13. The molecule has 0 aliphatic rings. The Balaban J connectivity index is 2.09. The quantitative estimate of drug-likeness (QED) is 0.267. The molecule has 1 amide bonds. The summed E-state index contributed by atoms with van der Waals surface area (Å²) < 4.78 is 33.2. The van der Waals surface area contributed by atoms with Crippen LogP contribution in [0.4, 0.5) is 5.69 Å². The van der Waals surface area contributed by atoms with Crippen molar-refractivity contribution in [3.8, 4) is 5.75 Å². The van der Waals surface area contributed by atoms with Crippen LogP contribution in [-0.2, 0) is 10.0 Å². The van der Waals surface area contributed by atoms with Crippen LogP contribution in [0.5, 0.6) is 5.75 Å². The van der Waals surface area contributed by atoms with Crippen LogP contribution in [-0.4, -0.2) is 32.0 Å². The minimum absolute atomic E-state index is 0.0252. The number of nitrogens with two attached hydrogens (primary N) is 2. The number of sulfonamides is 1. The molecule has 0 aromatic heterocycles. The number of anilines is 1. The number of guanidine groups is 1. The lowest BCUT2D eigenvalue weighted by Gasteiger charge is -2.13. The molecule has 0 atom stereocenters. The van der Waals surface area contributed by atoms with Gasteiger partial charge in [0, 0.05) is 10.2 Å². The highest BCUT2D eigenvalue weighted by Gasteiger charge is 2.16. The predicted molar refractivity (Wildman–Crippen MR) is 118 cm³/mol. The monoisotopic (exact) mass is 499 g/mol. The smallest absolute Gasteiger partial charge is 0.285 e. The zero-order valence-electron chi connectivity index (χ0n) is 15.2. The molecule has 2 aromatic carbocycles. The van der Waals surface area contributed by atoms with Crippen molar-refractivity contribution in [1.29, 1.82) is 0 Å². The number of carbonyl (C=O) groups excluding carboxylic acids is 1. The predicted octanol–water partition coefficient (Wildman–Crippen LogP) is 1.94. The average Bonchev–Trinajstić information content (AvgIpc) is 2.62. The van der Waals surface area contributed by atoms with Gasteiger partial charge in [-0.2, -0.15) is 8.42 Å². The Labute approximate surface area is 181 Å². The molecule has 0 aliphatic heterocycles. The molecule has 2 rings (SSSR count). The second-order valence-corrected chi connectivity index (χ2v) is 8.43. The molecule has 0 aliphatic carbocycles. The molecule has 12 heteroatoms. The van der Waals surface area contributed by atoms with Crippen LogP contribution in [0, 0.1) is 0 Å². The summed E-state index contributed by atoms with van der Waals surface area (Å²) >= 11 is 8.46. The van der Waals surface area contributed by atoms with Crippen molar-refractivity contribution in [3.63, 3.8) is 0 Å². The van der Waals surface area contributed by atoms with Gasteiger partial charge < -0.3 is 21.5 Å². The van der Waals surface area contributed by atoms with Crippen LogP contribution in [0.2, 0.25) is 0 Å². The Hall–Kier alpha value is -2.70. The Morgan fingerprint density at radius 1 is 1.21 bits per heavy atom. The highest BCUT2D eigenvalue weighted by Crippen LogP contribution is 2.23. The lowest BCUT2D eigenvalue weighted by molar-refractivity contribution is 0.0974. The number of halogens is 1. The Morgan fingerprint density at radius 3 is 2.45 bits per heavy atom. The van der Waals surface area contributed by atoms with Crippen LogP contribution >= 0.6 is 28.1 Å². The largest absolute Gasteiger partial charge is 0.493 e. The minimum atomic E-state index is -3.98. The summed E-state index contributed by atoms with van der Waals surface area (Å²) in [4.78, 5) is 12.4. The molecule has 0 fully saturated rings. The first-order valence-corrected chi connectivity index (χ1v) is 10.8. The maximum Gasteiger partial charge on any atom is 0.285 e. The molecule has 0 radical (unpaired) electrons. The van der Waals surface area contributed by atoms with Gasteiger partial charge in [-0.15, -0.1) is 4.40 Å². The van der Waals surface area contributed by atoms with Crippen molar-refractivity contribution >= 4 is 60.8 Å². The third-order valence-corrected chi connectivity index (χ3v) is 5.37. The first kappa shape index (κ1) is 22.6. The number of thiocarbonyl (C=S) groups is 1. The van der Waals surface area contributed by atoms with Crippen LogP contribution in [0.3, 0.4) is 0 Å². The molecule has 0 saturated carbocycles. The molecule has 0 unspecified atom stereocenters. The van der Waals surface area contributed by atoms with E-state index in [-0.39, 0.29) is 10.0 Å². The third kappa shape index (κ3) is 6.41. The highest BCUT2D eigenvalue weighted by molar-refractivity contribution is 9.10. The normalized spacial score (nSPS) is 10.7. The van der Waals surface area contributed by atoms with Crippen molar-refractivity contribution in [2.75, 3.05) is 11.9 Å². The van der Waals surface area contributed by atoms with Gasteiger partial charge in [0.2, 0.25) is 5.96 Å². The van der Waals surface area contributed by atoms with E-state index < -0.39 is 21.9 Å². The summed E-state index contributed by atoms with van der Waals surface area (Å²) in [7, 11) is -3.98. The van der Waals surface area contributed by atoms with Gasteiger partial charge in [0.05, 0.1) is 17.1 Å². The van der Waals surface area contributed by atoms with Crippen molar-refractivity contribution < 1.29 is 17.9 Å². The number of carbonyl (C=O) groups is 1. The van der Waals surface area contributed by atoms with Crippen LogP contribution in [0.15, 0.2) is 56.2 Å². The topological polar surface area (TPSA) is 149 Å². The molecule has 2 aromatic rings. The number of rotatable bonds is 6. The number of hydrogen-bond acceptors (Lipinski definition) is 5. The molecule has 6 N–H and O–H groups in total. The average molecular weight is 500 g/mol. The van der Waals surface area contributed by atoms with E-state index in [1.165, 1.54) is 24.3 Å². The van der Waals surface area contributed by atoms with Crippen molar-refractivity contribution in [1.82, 2.24) is 5.32 Å². The van der Waals surface area contributed by atoms with E-state index in [0.717, 1.165) is 0 Å². The summed E-state index contributed by atoms with van der Waals surface area (Å²) in [5.41, 5.74) is 11.0. The molecule has 0 bridgehead atoms. The molecule has 9 nitrogen and oxygen atoms in total. The summed E-state index contributed by atoms with van der Waals surface area (Å²) in [5.74, 6) is -0.598. The summed E-state index contributed by atoms with van der Waals surface area (Å²) in [6, 6.07) is 10.6. The van der Waals surface area contributed by atoms with Crippen molar-refractivity contribution in [3.05, 3.63) is 52.5 Å². The van der Waals surface area contributed by atoms with Gasteiger partial charge in [-0.3, -0.25) is 10.1 Å². The van der Waals surface area contributed by atoms with E-state index >= 15 is 0 Å². The second-order valence-electron chi connectivity index (χ2n) is 5.50. The van der Waals surface area contributed by atoms with Crippen molar-refractivity contribution in [2.45, 2.75) is 11.8 Å². The molecule has 0 saturated heterocycles. The number of ether oxygens (including phenoxy) is 1. The van der Waals surface area contributed by atoms with E-state index in [4.69, 9.17) is 28.4 Å². The highest BCUT2D eigenvalue weighted by atomic mass is 79.9. The van der Waals surface area contributed by atoms with Crippen LogP contribution in [0.1, 0.15) is 17.3 Å².